The maximum absolute atomic E-state index is 12.8. The summed E-state index contributed by atoms with van der Waals surface area (Å²) in [5.74, 6) is 0.0587. The van der Waals surface area contributed by atoms with Crippen LogP contribution in [0.4, 0.5) is 24.5 Å². The molecule has 160 valence electrons. The first kappa shape index (κ1) is 20.6. The third-order valence-corrected chi connectivity index (χ3v) is 5.10. The lowest BCUT2D eigenvalue weighted by atomic mass is 9.83. The highest BCUT2D eigenvalue weighted by atomic mass is 19.4. The molecule has 2 aromatic heterocycles. The van der Waals surface area contributed by atoms with Gasteiger partial charge in [0.2, 0.25) is 11.8 Å². The Morgan fingerprint density at radius 2 is 2.00 bits per heavy atom. The molecule has 3 heterocycles. The molecule has 0 radical (unpaired) electrons. The molecule has 1 aromatic carbocycles. The van der Waals surface area contributed by atoms with Crippen molar-refractivity contribution in [2.24, 2.45) is 0 Å². The van der Waals surface area contributed by atoms with E-state index in [0.29, 0.717) is 36.5 Å². The highest BCUT2D eigenvalue weighted by Gasteiger charge is 2.47. The Bertz CT molecular complexity index is 1110. The number of anilines is 2. The van der Waals surface area contributed by atoms with E-state index in [2.05, 4.69) is 32.4 Å². The zero-order chi connectivity index (χ0) is 22.1. The van der Waals surface area contributed by atoms with E-state index in [1.807, 2.05) is 0 Å². The predicted molar refractivity (Wildman–Crippen MR) is 106 cm³/mol. The molecule has 1 atom stereocenters. The molecule has 31 heavy (non-hydrogen) atoms. The van der Waals surface area contributed by atoms with E-state index in [-0.39, 0.29) is 17.7 Å². The average molecular weight is 429 g/mol. The standard InChI is InChI=1S/C21H18F3N5O2/c1-2-9-20(10-12-26-18(20)30)19-29-28-17(31-19)16-15(4-3-11-25-16)27-14-7-5-13(6-8-14)21(22,23)24/h2-8,11,27H,1,9-10,12H2,(H,26,30)/t20-/m0/s1. The summed E-state index contributed by atoms with van der Waals surface area (Å²) in [6, 6.07) is 7.96. The molecule has 2 N–H and O–H groups in total. The molecule has 0 unspecified atom stereocenters. The molecular formula is C21H18F3N5O2. The Kier molecular flexibility index (Phi) is 5.22. The molecule has 0 saturated carbocycles. The number of alkyl halides is 3. The van der Waals surface area contributed by atoms with Crippen LogP contribution in [-0.4, -0.2) is 27.6 Å². The SMILES string of the molecule is C=CC[C@]1(c2nnc(-c3ncccc3Nc3ccc(C(F)(F)F)cc3)o2)CCNC1=O. The second-order valence-electron chi connectivity index (χ2n) is 7.09. The van der Waals surface area contributed by atoms with Crippen molar-refractivity contribution in [2.45, 2.75) is 24.4 Å². The van der Waals surface area contributed by atoms with Crippen molar-refractivity contribution in [2.75, 3.05) is 11.9 Å². The molecule has 7 nitrogen and oxygen atoms in total. The van der Waals surface area contributed by atoms with Gasteiger partial charge in [0.25, 0.3) is 5.89 Å². The van der Waals surface area contributed by atoms with Crippen LogP contribution in [0, 0.1) is 0 Å². The fourth-order valence-electron chi connectivity index (χ4n) is 3.49. The fourth-order valence-corrected chi connectivity index (χ4v) is 3.49. The number of carbonyl (C=O) groups excluding carboxylic acids is 1. The largest absolute Gasteiger partial charge is 0.418 e. The minimum atomic E-state index is -4.41. The third-order valence-electron chi connectivity index (χ3n) is 5.10. The first-order chi connectivity index (χ1) is 14.8. The van der Waals surface area contributed by atoms with Crippen molar-refractivity contribution in [3.8, 4) is 11.6 Å². The summed E-state index contributed by atoms with van der Waals surface area (Å²) in [6.45, 7) is 4.21. The van der Waals surface area contributed by atoms with E-state index in [1.54, 1.807) is 18.2 Å². The van der Waals surface area contributed by atoms with Gasteiger partial charge in [-0.2, -0.15) is 13.2 Å². The number of hydrogen-bond donors (Lipinski definition) is 2. The molecule has 1 aliphatic heterocycles. The number of hydrogen-bond acceptors (Lipinski definition) is 6. The maximum Gasteiger partial charge on any atom is 0.416 e. The molecule has 10 heteroatoms. The molecule has 4 rings (SSSR count). The van der Waals surface area contributed by atoms with Crippen molar-refractivity contribution in [3.05, 3.63) is 66.7 Å². The number of aromatic nitrogens is 3. The zero-order valence-corrected chi connectivity index (χ0v) is 16.2. The Hall–Kier alpha value is -3.69. The summed E-state index contributed by atoms with van der Waals surface area (Å²) >= 11 is 0. The van der Waals surface area contributed by atoms with Crippen LogP contribution < -0.4 is 10.6 Å². The third kappa shape index (κ3) is 3.88. The van der Waals surface area contributed by atoms with Crippen LogP contribution in [0.1, 0.15) is 24.3 Å². The summed E-state index contributed by atoms with van der Waals surface area (Å²) < 4.78 is 44.2. The monoisotopic (exact) mass is 429 g/mol. The Morgan fingerprint density at radius 1 is 1.23 bits per heavy atom. The summed E-state index contributed by atoms with van der Waals surface area (Å²) in [6.07, 6.45) is -0.407. The van der Waals surface area contributed by atoms with Crippen molar-refractivity contribution >= 4 is 17.3 Å². The lowest BCUT2D eigenvalue weighted by molar-refractivity contribution is -0.137. The van der Waals surface area contributed by atoms with Crippen LogP contribution in [-0.2, 0) is 16.4 Å². The molecule has 0 spiro atoms. The van der Waals surface area contributed by atoms with Crippen LogP contribution in [0.15, 0.2) is 59.7 Å². The van der Waals surface area contributed by atoms with Crippen LogP contribution >= 0.6 is 0 Å². The van der Waals surface area contributed by atoms with E-state index < -0.39 is 17.2 Å². The Morgan fingerprint density at radius 3 is 2.65 bits per heavy atom. The van der Waals surface area contributed by atoms with Crippen molar-refractivity contribution in [1.82, 2.24) is 20.5 Å². The van der Waals surface area contributed by atoms with Gasteiger partial charge in [0.05, 0.1) is 11.3 Å². The number of halogens is 3. The number of nitrogens with one attached hydrogen (secondary N) is 2. The van der Waals surface area contributed by atoms with E-state index in [1.165, 1.54) is 18.3 Å². The molecule has 1 aliphatic rings. The topological polar surface area (TPSA) is 92.9 Å². The molecule has 1 saturated heterocycles. The number of benzene rings is 1. The maximum atomic E-state index is 12.8. The van der Waals surface area contributed by atoms with Crippen LogP contribution in [0.5, 0.6) is 0 Å². The number of allylic oxidation sites excluding steroid dienone is 1. The van der Waals surface area contributed by atoms with Crippen molar-refractivity contribution < 1.29 is 22.4 Å². The first-order valence-electron chi connectivity index (χ1n) is 9.46. The number of amides is 1. The highest BCUT2D eigenvalue weighted by molar-refractivity contribution is 5.89. The molecule has 0 bridgehead atoms. The van der Waals surface area contributed by atoms with Gasteiger partial charge in [-0.05, 0) is 49.2 Å². The van der Waals surface area contributed by atoms with E-state index in [0.717, 1.165) is 12.1 Å². The first-order valence-corrected chi connectivity index (χ1v) is 9.46. The van der Waals surface area contributed by atoms with Crippen LogP contribution in [0.2, 0.25) is 0 Å². The molecule has 1 fully saturated rings. The second-order valence-corrected chi connectivity index (χ2v) is 7.09. The quantitative estimate of drug-likeness (QED) is 0.570. The summed E-state index contributed by atoms with van der Waals surface area (Å²) in [5.41, 5.74) is -0.504. The second kappa shape index (κ2) is 7.86. The Labute approximate surface area is 175 Å². The normalized spacial score (nSPS) is 18.6. The van der Waals surface area contributed by atoms with E-state index >= 15 is 0 Å². The number of rotatable bonds is 6. The molecule has 0 aliphatic carbocycles. The minimum absolute atomic E-state index is 0.0909. The summed E-state index contributed by atoms with van der Waals surface area (Å²) in [5, 5.41) is 13.9. The van der Waals surface area contributed by atoms with Gasteiger partial charge in [0.1, 0.15) is 5.41 Å². The van der Waals surface area contributed by atoms with Gasteiger partial charge in [-0.15, -0.1) is 16.8 Å². The Balaban J connectivity index is 1.64. The highest BCUT2D eigenvalue weighted by Crippen LogP contribution is 2.37. The van der Waals surface area contributed by atoms with Crippen molar-refractivity contribution in [3.63, 3.8) is 0 Å². The summed E-state index contributed by atoms with van der Waals surface area (Å²) in [7, 11) is 0. The van der Waals surface area contributed by atoms with Crippen molar-refractivity contribution in [1.29, 1.82) is 0 Å². The van der Waals surface area contributed by atoms with Gasteiger partial charge in [-0.25, -0.2) is 4.98 Å². The zero-order valence-electron chi connectivity index (χ0n) is 16.2. The number of pyridine rings is 1. The van der Waals surface area contributed by atoms with Gasteiger partial charge < -0.3 is 15.1 Å². The van der Waals surface area contributed by atoms with E-state index in [9.17, 15) is 18.0 Å². The molecule has 1 amide bonds. The smallest absolute Gasteiger partial charge is 0.416 e. The fraction of sp³-hybridized carbons (Fsp3) is 0.238. The van der Waals surface area contributed by atoms with Crippen LogP contribution in [0.3, 0.4) is 0 Å². The van der Waals surface area contributed by atoms with Gasteiger partial charge in [0, 0.05) is 18.4 Å². The minimum Gasteiger partial charge on any atom is -0.418 e. The lowest BCUT2D eigenvalue weighted by Crippen LogP contribution is -2.35. The molecular weight excluding hydrogens is 411 g/mol. The van der Waals surface area contributed by atoms with Crippen LogP contribution in [0.25, 0.3) is 11.6 Å². The van der Waals surface area contributed by atoms with Gasteiger partial charge in [-0.3, -0.25) is 4.79 Å². The molecule has 3 aromatic rings. The van der Waals surface area contributed by atoms with Gasteiger partial charge in [0.15, 0.2) is 5.69 Å². The predicted octanol–water partition coefficient (Wildman–Crippen LogP) is 4.23. The number of carbonyl (C=O) groups is 1. The number of nitrogens with zero attached hydrogens (tertiary/aromatic N) is 3. The van der Waals surface area contributed by atoms with Gasteiger partial charge >= 0.3 is 6.18 Å². The lowest BCUT2D eigenvalue weighted by Gasteiger charge is -2.19. The average Bonchev–Trinajstić information content (AvgIpc) is 3.37. The summed E-state index contributed by atoms with van der Waals surface area (Å²) in [4.78, 5) is 16.7. The van der Waals surface area contributed by atoms with Gasteiger partial charge in [-0.1, -0.05) is 6.08 Å². The van der Waals surface area contributed by atoms with E-state index in [4.69, 9.17) is 4.42 Å².